The molecule has 8 heteroatoms. The van der Waals surface area contributed by atoms with E-state index in [0.29, 0.717) is 41.9 Å². The third-order valence-electron chi connectivity index (χ3n) is 4.86. The van der Waals surface area contributed by atoms with Crippen molar-refractivity contribution in [3.8, 4) is 28.0 Å². The van der Waals surface area contributed by atoms with E-state index >= 15 is 0 Å². The van der Waals surface area contributed by atoms with Gasteiger partial charge in [-0.3, -0.25) is 4.79 Å². The maximum atomic E-state index is 11.8. The molecule has 3 aromatic rings. The predicted octanol–water partition coefficient (Wildman–Crippen LogP) is 4.02. The molecule has 0 radical (unpaired) electrons. The third kappa shape index (κ3) is 5.92. The number of amides is 1. The van der Waals surface area contributed by atoms with Gasteiger partial charge in [-0.05, 0) is 55.0 Å². The van der Waals surface area contributed by atoms with Crippen LogP contribution < -0.4 is 10.1 Å². The fourth-order valence-electron chi connectivity index (χ4n) is 3.31. The molecule has 2 heterocycles. The number of carbonyl (C=O) groups excluding carboxylic acids is 1. The maximum Gasteiger partial charge on any atom is 0.258 e. The molecule has 0 aliphatic rings. The van der Waals surface area contributed by atoms with E-state index in [1.807, 2.05) is 18.2 Å². The van der Waals surface area contributed by atoms with Crippen molar-refractivity contribution in [3.63, 3.8) is 0 Å². The molecule has 0 saturated carbocycles. The summed E-state index contributed by atoms with van der Waals surface area (Å²) in [6, 6.07) is 7.83. The lowest BCUT2D eigenvalue weighted by Gasteiger charge is -2.08. The van der Waals surface area contributed by atoms with Crippen LogP contribution in [-0.2, 0) is 17.6 Å². The highest BCUT2D eigenvalue weighted by molar-refractivity contribution is 7.15. The molecular formula is C23H29N3O4S. The van der Waals surface area contributed by atoms with Gasteiger partial charge in [0.15, 0.2) is 0 Å². The van der Waals surface area contributed by atoms with E-state index in [9.17, 15) is 4.79 Å². The second-order valence-corrected chi connectivity index (χ2v) is 9.07. The normalized spacial score (nSPS) is 11.2. The van der Waals surface area contributed by atoms with Crippen LogP contribution in [0.15, 0.2) is 28.7 Å². The van der Waals surface area contributed by atoms with Gasteiger partial charge in [-0.1, -0.05) is 19.9 Å². The Bertz CT molecular complexity index is 1030. The number of carbonyl (C=O) groups is 1. The zero-order valence-corrected chi connectivity index (χ0v) is 19.2. The Morgan fingerprint density at radius 3 is 2.74 bits per heavy atom. The average molecular weight is 444 g/mol. The van der Waals surface area contributed by atoms with Crippen LogP contribution in [0.25, 0.3) is 22.2 Å². The first-order chi connectivity index (χ1) is 14.9. The number of nitrogens with zero attached hydrogens (tertiary/aromatic N) is 2. The fraction of sp³-hybridized carbons (Fsp3) is 0.435. The Morgan fingerprint density at radius 2 is 2.03 bits per heavy atom. The van der Waals surface area contributed by atoms with Crippen molar-refractivity contribution in [2.75, 3.05) is 20.3 Å². The van der Waals surface area contributed by atoms with Gasteiger partial charge in [0.1, 0.15) is 5.75 Å². The smallest absolute Gasteiger partial charge is 0.258 e. The minimum Gasteiger partial charge on any atom is -0.496 e. The Hall–Kier alpha value is -2.71. The van der Waals surface area contributed by atoms with Crippen LogP contribution in [0, 0.1) is 12.8 Å². The molecule has 3 rings (SSSR count). The molecule has 0 unspecified atom stereocenters. The van der Waals surface area contributed by atoms with Crippen molar-refractivity contribution < 1.29 is 19.1 Å². The lowest BCUT2D eigenvalue weighted by Crippen LogP contribution is -2.26. The first kappa shape index (κ1) is 23.0. The number of nitrogens with one attached hydrogen (secondary N) is 1. The number of methoxy groups -OCH3 is 1. The summed E-state index contributed by atoms with van der Waals surface area (Å²) >= 11 is 1.66. The van der Waals surface area contributed by atoms with Crippen LogP contribution in [-0.4, -0.2) is 41.5 Å². The number of rotatable bonds is 10. The molecule has 1 aromatic carbocycles. The van der Waals surface area contributed by atoms with Gasteiger partial charge in [-0.25, -0.2) is 0 Å². The summed E-state index contributed by atoms with van der Waals surface area (Å²) in [6.45, 7) is 6.74. The van der Waals surface area contributed by atoms with Gasteiger partial charge in [-0.2, -0.15) is 0 Å². The molecule has 1 amide bonds. The summed E-state index contributed by atoms with van der Waals surface area (Å²) in [5, 5.41) is 19.9. The van der Waals surface area contributed by atoms with Crippen LogP contribution in [0.1, 0.15) is 36.3 Å². The van der Waals surface area contributed by atoms with Crippen LogP contribution in [0.5, 0.6) is 5.75 Å². The highest BCUT2D eigenvalue weighted by Gasteiger charge is 2.18. The standard InChI is InChI=1S/C23H29N3O4S/c1-14(2)11-17-13-20(31-15(17)3)23-26-25-22(30-23)18-7-5-16(12-19(18)29-4)6-8-21(28)24-9-10-27/h5,7,12-14,27H,6,8-11H2,1-4H3,(H,24,28). The molecule has 0 aliphatic carbocycles. The molecule has 166 valence electrons. The molecule has 0 fully saturated rings. The average Bonchev–Trinajstić information content (AvgIpc) is 3.37. The quantitative estimate of drug-likeness (QED) is 0.491. The fourth-order valence-corrected chi connectivity index (χ4v) is 4.28. The Kier molecular flexibility index (Phi) is 7.81. The lowest BCUT2D eigenvalue weighted by atomic mass is 10.0. The number of hydrogen-bond acceptors (Lipinski definition) is 7. The van der Waals surface area contributed by atoms with Gasteiger partial charge in [-0.15, -0.1) is 21.5 Å². The largest absolute Gasteiger partial charge is 0.496 e. The molecule has 2 aromatic heterocycles. The number of thiophene rings is 1. The first-order valence-electron chi connectivity index (χ1n) is 10.4. The van der Waals surface area contributed by atoms with Gasteiger partial charge < -0.3 is 19.6 Å². The van der Waals surface area contributed by atoms with E-state index in [-0.39, 0.29) is 19.1 Å². The summed E-state index contributed by atoms with van der Waals surface area (Å²) in [7, 11) is 1.59. The third-order valence-corrected chi connectivity index (χ3v) is 5.94. The summed E-state index contributed by atoms with van der Waals surface area (Å²) in [5.41, 5.74) is 3.00. The molecule has 0 bridgehead atoms. The Morgan fingerprint density at radius 1 is 1.26 bits per heavy atom. The van der Waals surface area contributed by atoms with E-state index < -0.39 is 0 Å². The number of ether oxygens (including phenoxy) is 1. The lowest BCUT2D eigenvalue weighted by molar-refractivity contribution is -0.121. The van der Waals surface area contributed by atoms with Gasteiger partial charge in [0.2, 0.25) is 5.91 Å². The number of aryl methyl sites for hydroxylation is 2. The Balaban J connectivity index is 1.76. The summed E-state index contributed by atoms with van der Waals surface area (Å²) < 4.78 is 11.5. The van der Waals surface area contributed by atoms with E-state index in [2.05, 4.69) is 42.4 Å². The molecule has 0 aliphatic heterocycles. The molecule has 0 saturated heterocycles. The molecule has 0 atom stereocenters. The topological polar surface area (TPSA) is 97.5 Å². The van der Waals surface area contributed by atoms with Gasteiger partial charge >= 0.3 is 0 Å². The van der Waals surface area contributed by atoms with E-state index in [4.69, 9.17) is 14.3 Å². The van der Waals surface area contributed by atoms with Crippen molar-refractivity contribution in [1.29, 1.82) is 0 Å². The molecular weight excluding hydrogens is 414 g/mol. The number of benzene rings is 1. The van der Waals surface area contributed by atoms with Crippen LogP contribution in [0.2, 0.25) is 0 Å². The van der Waals surface area contributed by atoms with Gasteiger partial charge in [0, 0.05) is 17.8 Å². The minimum absolute atomic E-state index is 0.0650. The second-order valence-electron chi connectivity index (χ2n) is 7.81. The van der Waals surface area contributed by atoms with Crippen molar-refractivity contribution in [2.45, 2.75) is 40.0 Å². The van der Waals surface area contributed by atoms with Gasteiger partial charge in [0.25, 0.3) is 11.8 Å². The van der Waals surface area contributed by atoms with Crippen molar-refractivity contribution >= 4 is 17.2 Å². The maximum absolute atomic E-state index is 11.8. The second kappa shape index (κ2) is 10.5. The van der Waals surface area contributed by atoms with Crippen LogP contribution in [0.3, 0.4) is 0 Å². The first-order valence-corrected chi connectivity index (χ1v) is 11.2. The summed E-state index contributed by atoms with van der Waals surface area (Å²) in [6.07, 6.45) is 1.93. The van der Waals surface area contributed by atoms with Crippen LogP contribution in [0.4, 0.5) is 0 Å². The van der Waals surface area contributed by atoms with Gasteiger partial charge in [0.05, 0.1) is 24.2 Å². The molecule has 7 nitrogen and oxygen atoms in total. The van der Waals surface area contributed by atoms with E-state index in [0.717, 1.165) is 16.9 Å². The summed E-state index contributed by atoms with van der Waals surface area (Å²) in [5.74, 6) is 2.01. The predicted molar refractivity (Wildman–Crippen MR) is 121 cm³/mol. The monoisotopic (exact) mass is 443 g/mol. The van der Waals surface area contributed by atoms with Crippen molar-refractivity contribution in [1.82, 2.24) is 15.5 Å². The number of aliphatic hydroxyl groups excluding tert-OH is 1. The van der Waals surface area contributed by atoms with Crippen LogP contribution >= 0.6 is 11.3 Å². The van der Waals surface area contributed by atoms with Crippen molar-refractivity contribution in [2.24, 2.45) is 5.92 Å². The number of aliphatic hydroxyl groups is 1. The minimum atomic E-state index is -0.0956. The van der Waals surface area contributed by atoms with E-state index in [1.165, 1.54) is 10.4 Å². The zero-order valence-electron chi connectivity index (χ0n) is 18.4. The highest BCUT2D eigenvalue weighted by atomic mass is 32.1. The number of aromatic nitrogens is 2. The van der Waals surface area contributed by atoms with E-state index in [1.54, 1.807) is 18.4 Å². The highest BCUT2D eigenvalue weighted by Crippen LogP contribution is 2.35. The molecule has 2 N–H and O–H groups in total. The number of hydrogen-bond donors (Lipinski definition) is 2. The molecule has 31 heavy (non-hydrogen) atoms. The summed E-state index contributed by atoms with van der Waals surface area (Å²) in [4.78, 5) is 14.0. The Labute approximate surface area is 186 Å². The zero-order chi connectivity index (χ0) is 22.4. The SMILES string of the molecule is COc1cc(CCC(=O)NCCO)ccc1-c1nnc(-c2cc(CC(C)C)c(C)s2)o1. The molecule has 0 spiro atoms. The van der Waals surface area contributed by atoms with Crippen molar-refractivity contribution in [3.05, 3.63) is 40.3 Å².